The van der Waals surface area contributed by atoms with E-state index in [9.17, 15) is 9.59 Å². The molecule has 1 aromatic heterocycles. The van der Waals surface area contributed by atoms with Crippen LogP contribution in [0.25, 0.3) is 0 Å². The van der Waals surface area contributed by atoms with Gasteiger partial charge < -0.3 is 25.8 Å². The Kier molecular flexibility index (Phi) is 8.99. The molecule has 34 heavy (non-hydrogen) atoms. The lowest BCUT2D eigenvalue weighted by Crippen LogP contribution is -2.41. The summed E-state index contributed by atoms with van der Waals surface area (Å²) < 4.78 is 12.8. The molecule has 1 heterocycles. The Labute approximate surface area is 202 Å². The van der Waals surface area contributed by atoms with Crippen LogP contribution in [0, 0.1) is 29.6 Å². The molecule has 2 saturated carbocycles. The summed E-state index contributed by atoms with van der Waals surface area (Å²) in [7, 11) is 1.44. The molecule has 4 N–H and O–H groups in total. The maximum atomic E-state index is 13.4. The number of carbonyl (C=O) groups is 2. The highest BCUT2D eigenvalue weighted by Gasteiger charge is 2.48. The second-order valence-electron chi connectivity index (χ2n) is 10.3. The first-order valence-electron chi connectivity index (χ1n) is 12.5. The molecule has 0 bridgehead atoms. The normalized spacial score (nSPS) is 26.4. The quantitative estimate of drug-likeness (QED) is 0.334. The fourth-order valence-corrected chi connectivity index (χ4v) is 5.05. The van der Waals surface area contributed by atoms with E-state index in [4.69, 9.17) is 15.2 Å². The topological polar surface area (TPSA) is 121 Å². The van der Waals surface area contributed by atoms with E-state index in [0.29, 0.717) is 48.9 Å². The summed E-state index contributed by atoms with van der Waals surface area (Å²) in [6.45, 7) is 10.0. The Morgan fingerprint density at radius 3 is 2.74 bits per heavy atom. The molecule has 2 fully saturated rings. The van der Waals surface area contributed by atoms with Crippen LogP contribution in [0.2, 0.25) is 0 Å². The van der Waals surface area contributed by atoms with Crippen LogP contribution in [0.15, 0.2) is 18.0 Å². The minimum Gasteiger partial charge on any atom is -0.491 e. The van der Waals surface area contributed by atoms with Crippen LogP contribution in [0.1, 0.15) is 57.3 Å². The number of hydrogen-bond donors (Lipinski definition) is 3. The van der Waals surface area contributed by atoms with Gasteiger partial charge >= 0.3 is 0 Å². The van der Waals surface area contributed by atoms with Gasteiger partial charge in [0.2, 0.25) is 5.88 Å². The SMILES string of the molecule is CO/C(=C\Cn1ncc(C(=O)NC2C(C)CC(C)CC3CC32)c1OCC(C)C)C(=O)NCCN. The molecule has 2 aliphatic carbocycles. The van der Waals surface area contributed by atoms with E-state index in [0.717, 1.165) is 12.3 Å². The molecule has 0 aromatic carbocycles. The molecule has 190 valence electrons. The van der Waals surface area contributed by atoms with Crippen molar-refractivity contribution in [1.29, 1.82) is 0 Å². The van der Waals surface area contributed by atoms with Crippen LogP contribution in [-0.4, -0.2) is 54.4 Å². The monoisotopic (exact) mass is 475 g/mol. The number of carbonyl (C=O) groups excluding carboxylic acids is 2. The minimum absolute atomic E-state index is 0.154. The number of hydrogen-bond acceptors (Lipinski definition) is 6. The van der Waals surface area contributed by atoms with Crippen molar-refractivity contribution in [2.45, 2.75) is 59.5 Å². The number of aromatic nitrogens is 2. The molecule has 0 aliphatic heterocycles. The number of nitrogens with two attached hydrogens (primary N) is 1. The molecule has 0 spiro atoms. The molecule has 3 rings (SSSR count). The van der Waals surface area contributed by atoms with Crippen LogP contribution in [0.5, 0.6) is 5.88 Å². The Bertz CT molecular complexity index is 881. The van der Waals surface area contributed by atoms with E-state index >= 15 is 0 Å². The maximum absolute atomic E-state index is 13.4. The van der Waals surface area contributed by atoms with Crippen molar-refractivity contribution in [3.8, 4) is 5.88 Å². The molecule has 2 amide bonds. The zero-order valence-electron chi connectivity index (χ0n) is 21.2. The summed E-state index contributed by atoms with van der Waals surface area (Å²) in [5, 5.41) is 10.4. The third-order valence-electron chi connectivity index (χ3n) is 6.74. The first kappa shape index (κ1) is 26.1. The van der Waals surface area contributed by atoms with Crippen LogP contribution in [-0.2, 0) is 16.1 Å². The van der Waals surface area contributed by atoms with Gasteiger partial charge in [-0.05, 0) is 54.9 Å². The van der Waals surface area contributed by atoms with E-state index in [2.05, 4.69) is 29.6 Å². The molecular weight excluding hydrogens is 434 g/mol. The lowest BCUT2D eigenvalue weighted by atomic mass is 9.90. The van der Waals surface area contributed by atoms with Gasteiger partial charge in [-0.1, -0.05) is 27.7 Å². The standard InChI is InChI=1S/C25H41N5O4/c1-15(2)14-34-25-20(13-28-30(25)9-6-21(33-5)24(32)27-8-7-26)23(31)29-22-17(4)10-16(3)11-18-12-19(18)22/h6,13,15-19,22H,7-12,14,26H2,1-5H3,(H,27,32)(H,29,31)/b21-6-. The fourth-order valence-electron chi connectivity index (χ4n) is 5.05. The van der Waals surface area contributed by atoms with E-state index in [1.807, 2.05) is 13.8 Å². The molecule has 1 aromatic rings. The summed E-state index contributed by atoms with van der Waals surface area (Å²) in [5.41, 5.74) is 5.87. The number of nitrogens with one attached hydrogen (secondary N) is 2. The number of nitrogens with zero attached hydrogens (tertiary/aromatic N) is 2. The summed E-state index contributed by atoms with van der Waals surface area (Å²) >= 11 is 0. The summed E-state index contributed by atoms with van der Waals surface area (Å²) in [5.74, 6) is 2.77. The van der Waals surface area contributed by atoms with Gasteiger partial charge in [0.05, 0.1) is 26.5 Å². The number of ether oxygens (including phenoxy) is 2. The Hall–Kier alpha value is -2.55. The van der Waals surface area contributed by atoms with Crippen molar-refractivity contribution >= 4 is 11.8 Å². The number of allylic oxidation sites excluding steroid dienone is 1. The molecular formula is C25H41N5O4. The number of methoxy groups -OCH3 is 1. The smallest absolute Gasteiger partial charge is 0.286 e. The predicted octanol–water partition coefficient (Wildman–Crippen LogP) is 2.32. The highest BCUT2D eigenvalue weighted by molar-refractivity contribution is 5.96. The highest BCUT2D eigenvalue weighted by atomic mass is 16.5. The average Bonchev–Trinajstić information content (AvgIpc) is 3.43. The Balaban J connectivity index is 1.77. The van der Waals surface area contributed by atoms with E-state index < -0.39 is 0 Å². The fraction of sp³-hybridized carbons (Fsp3) is 0.720. The first-order valence-corrected chi connectivity index (χ1v) is 12.5. The zero-order valence-corrected chi connectivity index (χ0v) is 21.2. The molecule has 5 atom stereocenters. The molecule has 9 nitrogen and oxygen atoms in total. The molecule has 5 unspecified atom stereocenters. The van der Waals surface area contributed by atoms with Crippen LogP contribution >= 0.6 is 0 Å². The summed E-state index contributed by atoms with van der Waals surface area (Å²) in [6, 6.07) is 0.176. The molecule has 2 aliphatic rings. The van der Waals surface area contributed by atoms with E-state index in [-0.39, 0.29) is 36.1 Å². The minimum atomic E-state index is -0.349. The summed E-state index contributed by atoms with van der Waals surface area (Å²) in [4.78, 5) is 25.6. The van der Waals surface area contributed by atoms with E-state index in [1.165, 1.54) is 20.0 Å². The van der Waals surface area contributed by atoms with Crippen LogP contribution < -0.4 is 21.1 Å². The van der Waals surface area contributed by atoms with Crippen molar-refractivity contribution in [3.63, 3.8) is 0 Å². The van der Waals surface area contributed by atoms with Gasteiger partial charge in [0, 0.05) is 19.1 Å². The maximum Gasteiger partial charge on any atom is 0.286 e. The second kappa shape index (κ2) is 11.7. The van der Waals surface area contributed by atoms with Crippen molar-refractivity contribution in [2.24, 2.45) is 35.3 Å². The van der Waals surface area contributed by atoms with Crippen molar-refractivity contribution in [1.82, 2.24) is 20.4 Å². The number of rotatable bonds is 11. The van der Waals surface area contributed by atoms with Crippen molar-refractivity contribution in [3.05, 3.63) is 23.6 Å². The summed E-state index contributed by atoms with van der Waals surface area (Å²) in [6.07, 6.45) is 6.76. The van der Waals surface area contributed by atoms with E-state index in [1.54, 1.807) is 17.0 Å². The largest absolute Gasteiger partial charge is 0.491 e. The van der Waals surface area contributed by atoms with Gasteiger partial charge in [-0.2, -0.15) is 5.10 Å². The lowest BCUT2D eigenvalue weighted by Gasteiger charge is -2.25. The van der Waals surface area contributed by atoms with Gasteiger partial charge in [0.25, 0.3) is 11.8 Å². The highest BCUT2D eigenvalue weighted by Crippen LogP contribution is 2.51. The van der Waals surface area contributed by atoms with Crippen molar-refractivity contribution in [2.75, 3.05) is 26.8 Å². The van der Waals surface area contributed by atoms with Gasteiger partial charge in [0.15, 0.2) is 5.76 Å². The molecule has 9 heteroatoms. The van der Waals surface area contributed by atoms with Crippen LogP contribution in [0.4, 0.5) is 0 Å². The molecule has 0 radical (unpaired) electrons. The number of fused-ring (bicyclic) bond motifs is 1. The Morgan fingerprint density at radius 1 is 1.29 bits per heavy atom. The van der Waals surface area contributed by atoms with Gasteiger partial charge in [-0.15, -0.1) is 0 Å². The van der Waals surface area contributed by atoms with Gasteiger partial charge in [-0.3, -0.25) is 9.59 Å². The lowest BCUT2D eigenvalue weighted by molar-refractivity contribution is -0.120. The van der Waals surface area contributed by atoms with Crippen molar-refractivity contribution < 1.29 is 19.1 Å². The molecule has 0 saturated heterocycles. The van der Waals surface area contributed by atoms with Crippen LogP contribution in [0.3, 0.4) is 0 Å². The predicted molar refractivity (Wildman–Crippen MR) is 130 cm³/mol. The zero-order chi connectivity index (χ0) is 24.8. The van der Waals surface area contributed by atoms with Gasteiger partial charge in [-0.25, -0.2) is 4.68 Å². The second-order valence-corrected chi connectivity index (χ2v) is 10.3. The number of amides is 2. The third-order valence-corrected chi connectivity index (χ3v) is 6.74. The average molecular weight is 476 g/mol. The Morgan fingerprint density at radius 2 is 2.06 bits per heavy atom. The van der Waals surface area contributed by atoms with Gasteiger partial charge in [0.1, 0.15) is 5.56 Å². The first-order chi connectivity index (χ1) is 16.2. The third kappa shape index (κ3) is 6.52.